The number of carbonyl (C=O) groups is 2. The first-order valence-corrected chi connectivity index (χ1v) is 13.1. The number of hydrogen-bond donors (Lipinski definition) is 4. The van der Waals surface area contributed by atoms with Crippen LogP contribution >= 0.6 is 0 Å². The highest BCUT2D eigenvalue weighted by atomic mass is 16.5. The van der Waals surface area contributed by atoms with E-state index >= 15 is 0 Å². The summed E-state index contributed by atoms with van der Waals surface area (Å²) in [5.41, 5.74) is 13.2. The molecular formula is C30H33N7O5. The van der Waals surface area contributed by atoms with E-state index in [4.69, 9.17) is 26.4 Å². The van der Waals surface area contributed by atoms with Gasteiger partial charge in [0.1, 0.15) is 11.7 Å². The van der Waals surface area contributed by atoms with E-state index in [9.17, 15) is 14.4 Å². The molecule has 2 unspecified atom stereocenters. The van der Waals surface area contributed by atoms with Crippen LogP contribution in [0.1, 0.15) is 45.7 Å². The van der Waals surface area contributed by atoms with Crippen LogP contribution < -0.4 is 26.6 Å². The van der Waals surface area contributed by atoms with Crippen LogP contribution in [0, 0.1) is 5.41 Å². The quantitative estimate of drug-likeness (QED) is 0.157. The SMILES string of the molecule is COc1cc(C(Cc2ccc(C(=N)N)cc2)c2nn(-c3ccccc3C(N)=O)c(=O)[nH]2)ccc1OC(C)C(=O)N(C)C. The maximum Gasteiger partial charge on any atom is 0.348 e. The fourth-order valence-corrected chi connectivity index (χ4v) is 4.56. The van der Waals surface area contributed by atoms with Gasteiger partial charge in [-0.15, -0.1) is 5.10 Å². The summed E-state index contributed by atoms with van der Waals surface area (Å²) in [6, 6.07) is 18.9. The molecule has 4 rings (SSSR count). The predicted octanol–water partition coefficient (Wildman–Crippen LogP) is 2.18. The lowest BCUT2D eigenvalue weighted by Gasteiger charge is -2.21. The number of nitrogen functional groups attached to an aromatic ring is 1. The monoisotopic (exact) mass is 571 g/mol. The van der Waals surface area contributed by atoms with Gasteiger partial charge >= 0.3 is 5.69 Å². The van der Waals surface area contributed by atoms with E-state index in [1.165, 1.54) is 18.1 Å². The molecular weight excluding hydrogens is 538 g/mol. The molecule has 0 saturated heterocycles. The fourth-order valence-electron chi connectivity index (χ4n) is 4.56. The van der Waals surface area contributed by atoms with Crippen LogP contribution in [0.2, 0.25) is 0 Å². The van der Waals surface area contributed by atoms with Gasteiger partial charge in [-0.3, -0.25) is 20.0 Å². The number of benzene rings is 3. The second kappa shape index (κ2) is 12.4. The number of methoxy groups -OCH3 is 1. The van der Waals surface area contributed by atoms with Gasteiger partial charge in [0.05, 0.1) is 18.4 Å². The first kappa shape index (κ1) is 29.6. The number of aromatic amines is 1. The summed E-state index contributed by atoms with van der Waals surface area (Å²) in [6.45, 7) is 1.66. The molecule has 42 heavy (non-hydrogen) atoms. The van der Waals surface area contributed by atoms with Crippen LogP contribution in [0.5, 0.6) is 11.5 Å². The fraction of sp³-hybridized carbons (Fsp3) is 0.233. The maximum absolute atomic E-state index is 13.1. The molecule has 4 aromatic rings. The van der Waals surface area contributed by atoms with Gasteiger partial charge in [0.15, 0.2) is 17.6 Å². The number of hydrogen-bond acceptors (Lipinski definition) is 7. The molecule has 0 bridgehead atoms. The Balaban J connectivity index is 1.79. The van der Waals surface area contributed by atoms with Crippen molar-refractivity contribution in [1.29, 1.82) is 5.41 Å². The Bertz CT molecular complexity index is 1670. The highest BCUT2D eigenvalue weighted by molar-refractivity contribution is 5.96. The number of primary amides is 1. The number of rotatable bonds is 11. The number of nitrogens with zero attached hydrogens (tertiary/aromatic N) is 3. The summed E-state index contributed by atoms with van der Waals surface area (Å²) >= 11 is 0. The number of carbonyl (C=O) groups excluding carboxylic acids is 2. The van der Waals surface area contributed by atoms with E-state index in [1.54, 1.807) is 63.5 Å². The highest BCUT2D eigenvalue weighted by Gasteiger charge is 2.25. The minimum absolute atomic E-state index is 0.0448. The molecule has 12 nitrogen and oxygen atoms in total. The van der Waals surface area contributed by atoms with Crippen molar-refractivity contribution in [3.63, 3.8) is 0 Å². The zero-order chi connectivity index (χ0) is 30.6. The van der Waals surface area contributed by atoms with Crippen molar-refractivity contribution in [3.8, 4) is 17.2 Å². The third-order valence-corrected chi connectivity index (χ3v) is 6.75. The van der Waals surface area contributed by atoms with Crippen LogP contribution in [0.4, 0.5) is 0 Å². The van der Waals surface area contributed by atoms with Gasteiger partial charge in [-0.2, -0.15) is 4.68 Å². The summed E-state index contributed by atoms with van der Waals surface area (Å²) in [6.07, 6.45) is -0.339. The molecule has 2 atom stereocenters. The van der Waals surface area contributed by atoms with Gasteiger partial charge in [0, 0.05) is 25.6 Å². The number of nitrogens with one attached hydrogen (secondary N) is 2. The lowest BCUT2D eigenvalue weighted by atomic mass is 9.90. The Morgan fingerprint density at radius 1 is 1.05 bits per heavy atom. The minimum Gasteiger partial charge on any atom is -0.493 e. The number of amides is 2. The third-order valence-electron chi connectivity index (χ3n) is 6.75. The Morgan fingerprint density at radius 3 is 2.36 bits per heavy atom. The number of ether oxygens (including phenoxy) is 2. The molecule has 0 aliphatic heterocycles. The topological polar surface area (TPSA) is 182 Å². The molecule has 0 spiro atoms. The van der Waals surface area contributed by atoms with Crippen LogP contribution in [0.3, 0.4) is 0 Å². The predicted molar refractivity (Wildman–Crippen MR) is 157 cm³/mol. The summed E-state index contributed by atoms with van der Waals surface area (Å²) < 4.78 is 12.6. The zero-order valence-corrected chi connectivity index (χ0v) is 23.8. The van der Waals surface area contributed by atoms with Crippen molar-refractivity contribution in [2.24, 2.45) is 11.5 Å². The van der Waals surface area contributed by atoms with Crippen molar-refractivity contribution >= 4 is 17.6 Å². The molecule has 12 heteroatoms. The van der Waals surface area contributed by atoms with E-state index in [-0.39, 0.29) is 23.0 Å². The van der Waals surface area contributed by atoms with E-state index in [2.05, 4.69) is 10.1 Å². The van der Waals surface area contributed by atoms with Gasteiger partial charge in [-0.25, -0.2) is 4.79 Å². The summed E-state index contributed by atoms with van der Waals surface area (Å²) in [7, 11) is 4.80. The van der Waals surface area contributed by atoms with E-state index in [1.807, 2.05) is 18.2 Å². The first-order valence-electron chi connectivity index (χ1n) is 13.1. The molecule has 1 aromatic heterocycles. The van der Waals surface area contributed by atoms with E-state index < -0.39 is 23.6 Å². The second-order valence-corrected chi connectivity index (χ2v) is 9.88. The Kier molecular flexibility index (Phi) is 8.75. The smallest absolute Gasteiger partial charge is 0.348 e. The summed E-state index contributed by atoms with van der Waals surface area (Å²) in [4.78, 5) is 41.8. The van der Waals surface area contributed by atoms with Gasteiger partial charge in [-0.1, -0.05) is 42.5 Å². The normalized spacial score (nSPS) is 12.3. The molecule has 1 heterocycles. The van der Waals surface area contributed by atoms with Crippen molar-refractivity contribution in [2.75, 3.05) is 21.2 Å². The molecule has 0 radical (unpaired) electrons. The lowest BCUT2D eigenvalue weighted by Crippen LogP contribution is -2.35. The van der Waals surface area contributed by atoms with E-state index in [0.29, 0.717) is 29.3 Å². The average molecular weight is 572 g/mol. The van der Waals surface area contributed by atoms with Gasteiger partial charge in [0.2, 0.25) is 0 Å². The lowest BCUT2D eigenvalue weighted by molar-refractivity contribution is -0.135. The Labute approximate surface area is 242 Å². The van der Waals surface area contributed by atoms with Crippen LogP contribution in [-0.4, -0.2) is 64.6 Å². The number of likely N-dealkylation sites (N-methyl/N-ethyl adjacent to an activating group) is 1. The maximum atomic E-state index is 13.1. The van der Waals surface area contributed by atoms with Gasteiger partial charge in [-0.05, 0) is 48.7 Å². The molecule has 0 fully saturated rings. The standard InChI is InChI=1S/C30H33N7O5/c1-17(29(39)36(2)3)42-24-14-13-20(16-25(24)41-4)22(15-18-9-11-19(12-10-18)26(31)32)28-34-30(40)37(35-28)23-8-6-5-7-21(23)27(33)38/h5-14,16-17,22H,15H2,1-4H3,(H3,31,32)(H2,33,38)(H,34,35,40). The molecule has 6 N–H and O–H groups in total. The zero-order valence-electron chi connectivity index (χ0n) is 23.8. The number of para-hydroxylation sites is 1. The Morgan fingerprint density at radius 2 is 1.74 bits per heavy atom. The van der Waals surface area contributed by atoms with Crippen molar-refractivity contribution in [1.82, 2.24) is 19.7 Å². The number of aromatic nitrogens is 3. The largest absolute Gasteiger partial charge is 0.493 e. The average Bonchev–Trinajstić information content (AvgIpc) is 3.36. The second-order valence-electron chi connectivity index (χ2n) is 9.88. The molecule has 0 aliphatic carbocycles. The molecule has 0 saturated carbocycles. The van der Waals surface area contributed by atoms with Crippen LogP contribution in [0.15, 0.2) is 71.5 Å². The third kappa shape index (κ3) is 6.33. The Hall–Kier alpha value is -5.39. The van der Waals surface area contributed by atoms with Crippen molar-refractivity contribution < 1.29 is 19.1 Å². The van der Waals surface area contributed by atoms with Crippen molar-refractivity contribution in [2.45, 2.75) is 25.4 Å². The van der Waals surface area contributed by atoms with Crippen LogP contribution in [-0.2, 0) is 11.2 Å². The molecule has 2 amide bonds. The van der Waals surface area contributed by atoms with Crippen molar-refractivity contribution in [3.05, 3.63) is 105 Å². The van der Waals surface area contributed by atoms with E-state index in [0.717, 1.165) is 15.8 Å². The van der Waals surface area contributed by atoms with Crippen LogP contribution in [0.25, 0.3) is 5.69 Å². The number of H-pyrrole nitrogens is 1. The first-order chi connectivity index (χ1) is 20.0. The minimum atomic E-state index is -0.743. The summed E-state index contributed by atoms with van der Waals surface area (Å²) in [5, 5.41) is 12.3. The number of nitrogens with two attached hydrogens (primary N) is 2. The van der Waals surface area contributed by atoms with Gasteiger partial charge in [0.25, 0.3) is 11.8 Å². The van der Waals surface area contributed by atoms with Gasteiger partial charge < -0.3 is 25.8 Å². The number of amidine groups is 1. The molecule has 3 aromatic carbocycles. The highest BCUT2D eigenvalue weighted by Crippen LogP contribution is 2.35. The summed E-state index contributed by atoms with van der Waals surface area (Å²) in [5.74, 6) is -0.310. The molecule has 0 aliphatic rings. The molecule has 218 valence electrons.